The molecule has 108 valence electrons. The summed E-state index contributed by atoms with van der Waals surface area (Å²) in [6, 6.07) is 6.31. The molecule has 2 unspecified atom stereocenters. The fraction of sp³-hybridized carbons (Fsp3) is 0.625. The van der Waals surface area contributed by atoms with Crippen molar-refractivity contribution in [2.75, 3.05) is 13.7 Å². The first-order valence-electron chi connectivity index (χ1n) is 7.18. The minimum atomic E-state index is 0.470. The molecule has 0 saturated heterocycles. The Kier molecular flexibility index (Phi) is 7.25. The quantitative estimate of drug-likeness (QED) is 0.768. The largest absolute Gasteiger partial charge is 0.496 e. The van der Waals surface area contributed by atoms with Gasteiger partial charge in [-0.15, -0.1) is 0 Å². The molecule has 1 rings (SSSR count). The molecule has 3 heteroatoms. The Hall–Kier alpha value is -0.730. The first kappa shape index (κ1) is 16.3. The highest BCUT2D eigenvalue weighted by Crippen LogP contribution is 2.25. The number of benzene rings is 1. The Balaban J connectivity index is 2.85. The fourth-order valence-corrected chi connectivity index (χ4v) is 2.43. The summed E-state index contributed by atoms with van der Waals surface area (Å²) in [7, 11) is 1.71. The molecule has 0 fully saturated rings. The van der Waals surface area contributed by atoms with E-state index in [9.17, 15) is 0 Å². The number of methoxy groups -OCH3 is 1. The fourth-order valence-electron chi connectivity index (χ4n) is 2.23. The summed E-state index contributed by atoms with van der Waals surface area (Å²) in [4.78, 5) is 0. The van der Waals surface area contributed by atoms with E-state index < -0.39 is 0 Å². The van der Waals surface area contributed by atoms with Crippen molar-refractivity contribution in [2.24, 2.45) is 5.92 Å². The Labute approximate surface area is 122 Å². The molecule has 0 saturated carbocycles. The zero-order valence-corrected chi connectivity index (χ0v) is 13.3. The minimum Gasteiger partial charge on any atom is -0.496 e. The standard InChI is InChI=1S/C16H26ClNO/c1-5-9-18-15(12(3)6-2)11-13-10-14(17)7-8-16(13)19-4/h7-8,10,12,15,18H,5-6,9,11H2,1-4H3. The highest BCUT2D eigenvalue weighted by Gasteiger charge is 2.17. The Morgan fingerprint density at radius 2 is 2.05 bits per heavy atom. The Bertz CT molecular complexity index is 381. The van der Waals surface area contributed by atoms with Gasteiger partial charge in [0, 0.05) is 11.1 Å². The van der Waals surface area contributed by atoms with Crippen LogP contribution in [0, 0.1) is 5.92 Å². The van der Waals surface area contributed by atoms with Gasteiger partial charge in [-0.1, -0.05) is 38.8 Å². The first-order chi connectivity index (χ1) is 9.12. The van der Waals surface area contributed by atoms with Crippen LogP contribution in [0.4, 0.5) is 0 Å². The molecule has 2 atom stereocenters. The maximum Gasteiger partial charge on any atom is 0.122 e. The second-order valence-corrected chi connectivity index (χ2v) is 5.54. The molecule has 0 spiro atoms. The van der Waals surface area contributed by atoms with Gasteiger partial charge in [-0.25, -0.2) is 0 Å². The van der Waals surface area contributed by atoms with Gasteiger partial charge in [0.15, 0.2) is 0 Å². The van der Waals surface area contributed by atoms with Crippen LogP contribution in [-0.2, 0) is 6.42 Å². The molecule has 0 aliphatic heterocycles. The predicted molar refractivity (Wildman–Crippen MR) is 83.2 cm³/mol. The third-order valence-corrected chi connectivity index (χ3v) is 3.90. The molecule has 0 heterocycles. The van der Waals surface area contributed by atoms with Crippen molar-refractivity contribution < 1.29 is 4.74 Å². The van der Waals surface area contributed by atoms with Crippen molar-refractivity contribution in [1.29, 1.82) is 0 Å². The van der Waals surface area contributed by atoms with Gasteiger partial charge in [-0.3, -0.25) is 0 Å². The minimum absolute atomic E-state index is 0.470. The second-order valence-electron chi connectivity index (χ2n) is 5.11. The Morgan fingerprint density at radius 3 is 2.63 bits per heavy atom. The summed E-state index contributed by atoms with van der Waals surface area (Å²) >= 11 is 6.10. The monoisotopic (exact) mass is 283 g/mol. The van der Waals surface area contributed by atoms with Gasteiger partial charge in [0.25, 0.3) is 0 Å². The maximum absolute atomic E-state index is 6.10. The van der Waals surface area contributed by atoms with Crippen LogP contribution in [0.1, 0.15) is 39.2 Å². The van der Waals surface area contributed by atoms with Crippen molar-refractivity contribution in [3.8, 4) is 5.75 Å². The maximum atomic E-state index is 6.10. The van der Waals surface area contributed by atoms with E-state index in [2.05, 4.69) is 26.1 Å². The summed E-state index contributed by atoms with van der Waals surface area (Å²) in [5, 5.41) is 4.41. The molecular weight excluding hydrogens is 258 g/mol. The molecule has 2 nitrogen and oxygen atoms in total. The molecule has 0 radical (unpaired) electrons. The van der Waals surface area contributed by atoms with Crippen molar-refractivity contribution >= 4 is 11.6 Å². The van der Waals surface area contributed by atoms with Gasteiger partial charge in [0.05, 0.1) is 7.11 Å². The topological polar surface area (TPSA) is 21.3 Å². The van der Waals surface area contributed by atoms with Crippen LogP contribution in [0.2, 0.25) is 5.02 Å². The average Bonchev–Trinajstić information content (AvgIpc) is 2.42. The van der Waals surface area contributed by atoms with Crippen molar-refractivity contribution in [2.45, 2.75) is 46.1 Å². The number of halogens is 1. The lowest BCUT2D eigenvalue weighted by Gasteiger charge is -2.25. The van der Waals surface area contributed by atoms with E-state index in [0.29, 0.717) is 12.0 Å². The van der Waals surface area contributed by atoms with Gasteiger partial charge >= 0.3 is 0 Å². The molecule has 0 aromatic heterocycles. The van der Waals surface area contributed by atoms with Crippen LogP contribution in [0.3, 0.4) is 0 Å². The summed E-state index contributed by atoms with van der Waals surface area (Å²) in [6.45, 7) is 7.78. The first-order valence-corrected chi connectivity index (χ1v) is 7.55. The van der Waals surface area contributed by atoms with E-state index in [1.165, 1.54) is 12.0 Å². The normalized spacial score (nSPS) is 14.2. The lowest BCUT2D eigenvalue weighted by molar-refractivity contribution is 0.356. The third-order valence-electron chi connectivity index (χ3n) is 3.67. The van der Waals surface area contributed by atoms with Gasteiger partial charge < -0.3 is 10.1 Å². The van der Waals surface area contributed by atoms with Crippen molar-refractivity contribution in [3.63, 3.8) is 0 Å². The van der Waals surface area contributed by atoms with Gasteiger partial charge in [-0.05, 0) is 49.1 Å². The third kappa shape index (κ3) is 5.04. The number of nitrogens with one attached hydrogen (secondary N) is 1. The van der Waals surface area contributed by atoms with E-state index in [-0.39, 0.29) is 0 Å². The van der Waals surface area contributed by atoms with Crippen LogP contribution < -0.4 is 10.1 Å². The molecule has 1 aromatic carbocycles. The molecule has 1 N–H and O–H groups in total. The highest BCUT2D eigenvalue weighted by molar-refractivity contribution is 6.30. The molecule has 0 amide bonds. The zero-order chi connectivity index (χ0) is 14.3. The van der Waals surface area contributed by atoms with E-state index in [4.69, 9.17) is 16.3 Å². The summed E-state index contributed by atoms with van der Waals surface area (Å²) in [6.07, 6.45) is 3.28. The molecule has 0 aliphatic rings. The van der Waals surface area contributed by atoms with Crippen molar-refractivity contribution in [3.05, 3.63) is 28.8 Å². The van der Waals surface area contributed by atoms with Crippen LogP contribution in [0.5, 0.6) is 5.75 Å². The SMILES string of the molecule is CCCNC(Cc1cc(Cl)ccc1OC)C(C)CC. The Morgan fingerprint density at radius 1 is 1.32 bits per heavy atom. The lowest BCUT2D eigenvalue weighted by Crippen LogP contribution is -2.37. The van der Waals surface area contributed by atoms with Gasteiger partial charge in [0.2, 0.25) is 0 Å². The summed E-state index contributed by atoms with van der Waals surface area (Å²) < 4.78 is 5.43. The predicted octanol–water partition coefficient (Wildman–Crippen LogP) is 4.31. The molecule has 0 bridgehead atoms. The van der Waals surface area contributed by atoms with Crippen LogP contribution >= 0.6 is 11.6 Å². The molecule has 1 aromatic rings. The molecular formula is C16H26ClNO. The van der Waals surface area contributed by atoms with E-state index in [1.54, 1.807) is 7.11 Å². The van der Waals surface area contributed by atoms with E-state index >= 15 is 0 Å². The van der Waals surface area contributed by atoms with Gasteiger partial charge in [-0.2, -0.15) is 0 Å². The smallest absolute Gasteiger partial charge is 0.122 e. The highest BCUT2D eigenvalue weighted by atomic mass is 35.5. The number of hydrogen-bond acceptors (Lipinski definition) is 2. The number of hydrogen-bond donors (Lipinski definition) is 1. The lowest BCUT2D eigenvalue weighted by atomic mass is 9.92. The average molecular weight is 284 g/mol. The van der Waals surface area contributed by atoms with Crippen LogP contribution in [0.25, 0.3) is 0 Å². The molecule has 0 aliphatic carbocycles. The van der Waals surface area contributed by atoms with Crippen LogP contribution in [-0.4, -0.2) is 19.7 Å². The zero-order valence-electron chi connectivity index (χ0n) is 12.5. The van der Waals surface area contributed by atoms with Gasteiger partial charge in [0.1, 0.15) is 5.75 Å². The van der Waals surface area contributed by atoms with Crippen molar-refractivity contribution in [1.82, 2.24) is 5.32 Å². The second kappa shape index (κ2) is 8.44. The molecule has 19 heavy (non-hydrogen) atoms. The number of rotatable bonds is 8. The van der Waals surface area contributed by atoms with E-state index in [1.807, 2.05) is 18.2 Å². The number of ether oxygens (including phenoxy) is 1. The van der Waals surface area contributed by atoms with Crippen LogP contribution in [0.15, 0.2) is 18.2 Å². The van der Waals surface area contributed by atoms with E-state index in [0.717, 1.165) is 30.2 Å². The summed E-state index contributed by atoms with van der Waals surface area (Å²) in [5.41, 5.74) is 1.18. The summed E-state index contributed by atoms with van der Waals surface area (Å²) in [5.74, 6) is 1.56.